The second-order valence-electron chi connectivity index (χ2n) is 13.2. The van der Waals surface area contributed by atoms with E-state index in [0.29, 0.717) is 55.5 Å². The smallest absolute Gasteiger partial charge is 0.193 e. The predicted octanol–water partition coefficient (Wildman–Crippen LogP) is 4.75. The highest BCUT2D eigenvalue weighted by Crippen LogP contribution is 2.38. The fraction of sp³-hybridized carbons (Fsp3) is 0.472. The molecule has 3 aromatic heterocycles. The van der Waals surface area contributed by atoms with Crippen LogP contribution in [0.3, 0.4) is 0 Å². The van der Waals surface area contributed by atoms with Gasteiger partial charge in [-0.05, 0) is 81.5 Å². The Labute approximate surface area is 269 Å². The Kier molecular flexibility index (Phi) is 8.76. The van der Waals surface area contributed by atoms with Crippen LogP contribution in [0.2, 0.25) is 0 Å². The van der Waals surface area contributed by atoms with Crippen LogP contribution < -0.4 is 15.2 Å². The molecule has 10 heteroatoms. The second-order valence-corrected chi connectivity index (χ2v) is 13.2. The third-order valence-electron chi connectivity index (χ3n) is 9.69. The molecule has 7 rings (SSSR count). The number of aromatic nitrogens is 3. The molecule has 0 bridgehead atoms. The molecule has 2 aliphatic heterocycles. The van der Waals surface area contributed by atoms with E-state index in [1.165, 1.54) is 6.07 Å². The van der Waals surface area contributed by atoms with Crippen LogP contribution in [0, 0.1) is 19.7 Å². The Morgan fingerprint density at radius 2 is 1.87 bits per heavy atom. The Morgan fingerprint density at radius 1 is 1.00 bits per heavy atom. The molecule has 1 aromatic carbocycles. The molecule has 46 heavy (non-hydrogen) atoms. The van der Waals surface area contributed by atoms with Gasteiger partial charge in [-0.3, -0.25) is 19.7 Å². The molecule has 9 nitrogen and oxygen atoms in total. The molecule has 4 aromatic rings. The number of anilines is 2. The van der Waals surface area contributed by atoms with Crippen LogP contribution in [-0.4, -0.2) is 76.1 Å². The third kappa shape index (κ3) is 6.52. The van der Waals surface area contributed by atoms with Crippen molar-refractivity contribution in [3.8, 4) is 0 Å². The molecule has 2 unspecified atom stereocenters. The van der Waals surface area contributed by atoms with Crippen LogP contribution in [-0.2, 0) is 17.8 Å². The quantitative estimate of drug-likeness (QED) is 0.285. The number of hydrogen-bond acceptors (Lipinski definition) is 8. The number of ether oxygens (including phenoxy) is 1. The Morgan fingerprint density at radius 3 is 2.63 bits per heavy atom. The van der Waals surface area contributed by atoms with Crippen molar-refractivity contribution in [1.29, 1.82) is 0 Å². The number of aliphatic hydroxyl groups is 1. The minimum atomic E-state index is -0.415. The van der Waals surface area contributed by atoms with Crippen LogP contribution in [0.15, 0.2) is 59.8 Å². The molecule has 0 amide bonds. The third-order valence-corrected chi connectivity index (χ3v) is 9.69. The average molecular weight is 627 g/mol. The number of halogens is 1. The first-order valence-electron chi connectivity index (χ1n) is 16.5. The summed E-state index contributed by atoms with van der Waals surface area (Å²) in [6, 6.07) is 12.1. The normalized spacial score (nSPS) is 20.5. The van der Waals surface area contributed by atoms with Crippen molar-refractivity contribution in [2.45, 2.75) is 70.8 Å². The van der Waals surface area contributed by atoms with Crippen molar-refractivity contribution in [1.82, 2.24) is 19.4 Å². The van der Waals surface area contributed by atoms with Gasteiger partial charge in [0.1, 0.15) is 5.82 Å². The van der Waals surface area contributed by atoms with Gasteiger partial charge in [-0.15, -0.1) is 0 Å². The maximum absolute atomic E-state index is 15.8. The average Bonchev–Trinajstić information content (AvgIpc) is 3.92. The number of aliphatic hydroxyl groups excluding tert-OH is 1. The van der Waals surface area contributed by atoms with E-state index in [4.69, 9.17) is 4.74 Å². The van der Waals surface area contributed by atoms with Gasteiger partial charge in [0.2, 0.25) is 0 Å². The standard InChI is InChI=1S/C36H43FN6O3/c1-24-5-6-29(17-39-24)40-11-3-4-30(21-40)42(18-26-9-10-38-25(2)14-26)19-27-20-43(28-7-8-28)34-16-35(33(37)15-32(34)36(27)45)41-12-13-46-31(22-41)23-44/h5-6,9-10,14-17,20,28,30-31,44H,3-4,7-8,11-13,18-19,21-23H2,1-2H3. The monoisotopic (exact) mass is 626 g/mol. The van der Waals surface area contributed by atoms with Gasteiger partial charge >= 0.3 is 0 Å². The summed E-state index contributed by atoms with van der Waals surface area (Å²) in [5.41, 5.74) is 6.05. The molecule has 0 radical (unpaired) electrons. The van der Waals surface area contributed by atoms with E-state index < -0.39 is 5.82 Å². The SMILES string of the molecule is Cc1ccc(N2CCCC(N(Cc3ccnc(C)c3)Cc3cn(C4CC4)c4cc(N5CCOC(CO)C5)c(F)cc4c3=O)C2)cn1. The van der Waals surface area contributed by atoms with Crippen molar-refractivity contribution in [2.24, 2.45) is 0 Å². The van der Waals surface area contributed by atoms with E-state index >= 15 is 4.39 Å². The van der Waals surface area contributed by atoms with Gasteiger partial charge in [0.05, 0.1) is 42.4 Å². The van der Waals surface area contributed by atoms with Crippen molar-refractivity contribution < 1.29 is 14.2 Å². The second kappa shape index (κ2) is 13.1. The van der Waals surface area contributed by atoms with E-state index in [-0.39, 0.29) is 24.2 Å². The number of pyridine rings is 3. The zero-order valence-electron chi connectivity index (χ0n) is 26.7. The minimum Gasteiger partial charge on any atom is -0.394 e. The predicted molar refractivity (Wildman–Crippen MR) is 178 cm³/mol. The van der Waals surface area contributed by atoms with E-state index in [0.717, 1.165) is 66.9 Å². The number of morpholine rings is 1. The lowest BCUT2D eigenvalue weighted by Crippen LogP contribution is -2.48. The van der Waals surface area contributed by atoms with Crippen molar-refractivity contribution in [3.05, 3.63) is 93.5 Å². The molecule has 1 N–H and O–H groups in total. The van der Waals surface area contributed by atoms with Crippen LogP contribution in [0.1, 0.15) is 54.2 Å². The van der Waals surface area contributed by atoms with Crippen LogP contribution >= 0.6 is 0 Å². The summed E-state index contributed by atoms with van der Waals surface area (Å²) < 4.78 is 23.6. The van der Waals surface area contributed by atoms with Crippen LogP contribution in [0.5, 0.6) is 0 Å². The van der Waals surface area contributed by atoms with Crippen molar-refractivity contribution in [2.75, 3.05) is 49.2 Å². The molecule has 242 valence electrons. The topological polar surface area (TPSA) is 87.0 Å². The molecule has 3 aliphatic rings. The first-order chi connectivity index (χ1) is 22.4. The Balaban J connectivity index is 1.24. The molecule has 0 spiro atoms. The number of piperidine rings is 1. The fourth-order valence-electron chi connectivity index (χ4n) is 7.08. The Bertz CT molecular complexity index is 1760. The fourth-order valence-corrected chi connectivity index (χ4v) is 7.08. The molecular formula is C36H43FN6O3. The Hall–Kier alpha value is -3.86. The van der Waals surface area contributed by atoms with Crippen molar-refractivity contribution in [3.63, 3.8) is 0 Å². The van der Waals surface area contributed by atoms with E-state index in [9.17, 15) is 9.90 Å². The number of rotatable bonds is 9. The minimum absolute atomic E-state index is 0.112. The molecular weight excluding hydrogens is 583 g/mol. The van der Waals surface area contributed by atoms with Gasteiger partial charge in [-0.25, -0.2) is 4.39 Å². The zero-order chi connectivity index (χ0) is 31.8. The van der Waals surface area contributed by atoms with Crippen molar-refractivity contribution >= 4 is 22.3 Å². The number of hydrogen-bond donors (Lipinski definition) is 1. The van der Waals surface area contributed by atoms with Gasteiger partial charge in [-0.1, -0.05) is 0 Å². The summed E-state index contributed by atoms with van der Waals surface area (Å²) in [6.07, 6.45) is 9.63. The summed E-state index contributed by atoms with van der Waals surface area (Å²) >= 11 is 0. The van der Waals surface area contributed by atoms with Crippen LogP contribution in [0.4, 0.5) is 15.8 Å². The zero-order valence-corrected chi connectivity index (χ0v) is 26.7. The maximum Gasteiger partial charge on any atom is 0.193 e. The summed E-state index contributed by atoms with van der Waals surface area (Å²) in [5, 5.41) is 10.1. The van der Waals surface area contributed by atoms with Crippen LogP contribution in [0.25, 0.3) is 10.9 Å². The largest absolute Gasteiger partial charge is 0.394 e. The number of nitrogens with zero attached hydrogens (tertiary/aromatic N) is 6. The maximum atomic E-state index is 15.8. The first kappa shape index (κ1) is 30.8. The summed E-state index contributed by atoms with van der Waals surface area (Å²) in [5.74, 6) is -0.415. The molecule has 3 fully saturated rings. The highest BCUT2D eigenvalue weighted by atomic mass is 19.1. The molecule has 2 atom stereocenters. The molecule has 5 heterocycles. The highest BCUT2D eigenvalue weighted by molar-refractivity contribution is 5.84. The van der Waals surface area contributed by atoms with Gasteiger partial charge in [-0.2, -0.15) is 0 Å². The number of fused-ring (bicyclic) bond motifs is 1. The number of aryl methyl sites for hydroxylation is 2. The lowest BCUT2D eigenvalue weighted by molar-refractivity contribution is 0.00341. The molecule has 1 saturated carbocycles. The molecule has 1 aliphatic carbocycles. The highest BCUT2D eigenvalue weighted by Gasteiger charge is 2.31. The van der Waals surface area contributed by atoms with E-state index in [1.54, 1.807) is 0 Å². The van der Waals surface area contributed by atoms with E-state index in [2.05, 4.69) is 48.6 Å². The summed E-state index contributed by atoms with van der Waals surface area (Å²) in [4.78, 5) is 29.9. The lowest BCUT2D eigenvalue weighted by Gasteiger charge is -2.40. The van der Waals surface area contributed by atoms with Gasteiger partial charge in [0.15, 0.2) is 5.43 Å². The summed E-state index contributed by atoms with van der Waals surface area (Å²) in [7, 11) is 0. The van der Waals surface area contributed by atoms with Gasteiger partial charge in [0.25, 0.3) is 0 Å². The van der Waals surface area contributed by atoms with Gasteiger partial charge in [0, 0.05) is 86.1 Å². The first-order valence-corrected chi connectivity index (χ1v) is 16.5. The van der Waals surface area contributed by atoms with E-state index in [1.807, 2.05) is 43.4 Å². The summed E-state index contributed by atoms with van der Waals surface area (Å²) in [6.45, 7) is 8.22. The molecule has 2 saturated heterocycles. The lowest BCUT2D eigenvalue weighted by atomic mass is 10.0. The number of benzene rings is 1. The van der Waals surface area contributed by atoms with Gasteiger partial charge < -0.3 is 24.2 Å².